The van der Waals surface area contributed by atoms with Crippen molar-refractivity contribution < 1.29 is 13.9 Å². The summed E-state index contributed by atoms with van der Waals surface area (Å²) in [6.07, 6.45) is 5.01. The van der Waals surface area contributed by atoms with Crippen molar-refractivity contribution in [3.63, 3.8) is 0 Å². The van der Waals surface area contributed by atoms with E-state index in [0.29, 0.717) is 21.6 Å². The molecule has 1 saturated heterocycles. The largest absolute Gasteiger partial charge is 0.491 e. The molecule has 194 valence electrons. The molecule has 0 aliphatic carbocycles. The number of carbonyl (C=O) groups is 1. The van der Waals surface area contributed by atoms with Crippen molar-refractivity contribution >= 4 is 27.5 Å². The molecule has 4 aromatic rings. The number of nitrogens with zero attached hydrogens (tertiary/aromatic N) is 3. The lowest BCUT2D eigenvalue weighted by molar-refractivity contribution is 0.0930. The Morgan fingerprint density at radius 3 is 2.76 bits per heavy atom. The number of ether oxygens (including phenoxy) is 1. The van der Waals surface area contributed by atoms with E-state index in [1.54, 1.807) is 24.5 Å². The molecule has 2 aromatic heterocycles. The summed E-state index contributed by atoms with van der Waals surface area (Å²) in [5.74, 6) is 1.16. The average Bonchev–Trinajstić information content (AvgIpc) is 3.59. The van der Waals surface area contributed by atoms with Crippen molar-refractivity contribution in [1.29, 1.82) is 0 Å². The third kappa shape index (κ3) is 4.74. The number of aromatic nitrogens is 4. The fourth-order valence-electron chi connectivity index (χ4n) is 4.96. The summed E-state index contributed by atoms with van der Waals surface area (Å²) < 4.78 is 19.8. The predicted molar refractivity (Wildman–Crippen MR) is 143 cm³/mol. The van der Waals surface area contributed by atoms with Gasteiger partial charge in [0.1, 0.15) is 18.2 Å². The van der Waals surface area contributed by atoms with Gasteiger partial charge < -0.3 is 20.7 Å². The van der Waals surface area contributed by atoms with E-state index in [0.717, 1.165) is 48.6 Å². The number of hydrogen-bond donors (Lipinski definition) is 4. The SMILES string of the molecule is O=C(N[C@@H]1COc2cc(F)c(Br)cc21)c1cccc(NC2(c3nc(-c4ccncc4)n[nH]3)CCNCC2)c1. The number of amides is 1. The second-order valence-electron chi connectivity index (χ2n) is 9.42. The van der Waals surface area contributed by atoms with Crippen molar-refractivity contribution in [3.05, 3.63) is 88.2 Å². The van der Waals surface area contributed by atoms with Gasteiger partial charge >= 0.3 is 0 Å². The van der Waals surface area contributed by atoms with Gasteiger partial charge in [-0.1, -0.05) is 6.07 Å². The first-order valence-corrected chi connectivity index (χ1v) is 13.1. The molecule has 2 aliphatic rings. The number of hydrogen-bond acceptors (Lipinski definition) is 7. The molecular weight excluding hydrogens is 553 g/mol. The molecule has 0 spiro atoms. The molecule has 0 unspecified atom stereocenters. The van der Waals surface area contributed by atoms with Crippen LogP contribution < -0.4 is 20.7 Å². The van der Waals surface area contributed by atoms with Crippen molar-refractivity contribution in [2.45, 2.75) is 24.4 Å². The standard InChI is InChI=1S/C27H25BrFN7O2/c28-20-13-19-22(15-38-23(19)14-21(20)29)32-25(37)17-2-1-3-18(12-17)34-27(6-10-31-11-7-27)26-33-24(35-36-26)16-4-8-30-9-5-16/h1-5,8-9,12-14,22,31,34H,6-7,10-11,15H2,(H,32,37)(H,33,35,36)/t22-/m1/s1. The van der Waals surface area contributed by atoms with E-state index < -0.39 is 11.4 Å². The van der Waals surface area contributed by atoms with Crippen LogP contribution in [0.4, 0.5) is 10.1 Å². The number of benzene rings is 2. The van der Waals surface area contributed by atoms with Crippen LogP contribution in [-0.2, 0) is 5.54 Å². The molecule has 0 bridgehead atoms. The van der Waals surface area contributed by atoms with Crippen LogP contribution in [0.2, 0.25) is 0 Å². The maximum Gasteiger partial charge on any atom is 0.251 e. The summed E-state index contributed by atoms with van der Waals surface area (Å²) in [5, 5.41) is 17.7. The van der Waals surface area contributed by atoms with E-state index in [9.17, 15) is 9.18 Å². The number of aromatic amines is 1. The van der Waals surface area contributed by atoms with Crippen LogP contribution in [-0.4, -0.2) is 45.8 Å². The molecule has 2 aliphatic heterocycles. The zero-order valence-electron chi connectivity index (χ0n) is 20.3. The van der Waals surface area contributed by atoms with Crippen LogP contribution >= 0.6 is 15.9 Å². The lowest BCUT2D eigenvalue weighted by Gasteiger charge is -2.37. The summed E-state index contributed by atoms with van der Waals surface area (Å²) in [4.78, 5) is 22.1. The Balaban J connectivity index is 1.23. The van der Waals surface area contributed by atoms with Crippen LogP contribution in [0, 0.1) is 5.82 Å². The minimum atomic E-state index is -0.479. The summed E-state index contributed by atoms with van der Waals surface area (Å²) in [6.45, 7) is 1.88. The van der Waals surface area contributed by atoms with Crippen LogP contribution in [0.15, 0.2) is 65.4 Å². The number of rotatable bonds is 6. The molecule has 2 aromatic carbocycles. The molecule has 6 rings (SSSR count). The number of anilines is 1. The second kappa shape index (κ2) is 10.1. The molecule has 1 fully saturated rings. The van der Waals surface area contributed by atoms with E-state index in [-0.39, 0.29) is 18.6 Å². The maximum absolute atomic E-state index is 13.9. The number of H-pyrrole nitrogens is 1. The highest BCUT2D eigenvalue weighted by Crippen LogP contribution is 2.37. The number of halogens is 2. The third-order valence-electron chi connectivity index (χ3n) is 6.98. The first kappa shape index (κ1) is 24.5. The van der Waals surface area contributed by atoms with Crippen molar-refractivity contribution in [3.8, 4) is 17.1 Å². The zero-order chi connectivity index (χ0) is 26.1. The summed E-state index contributed by atoms with van der Waals surface area (Å²) in [5.41, 5.74) is 2.45. The highest BCUT2D eigenvalue weighted by atomic mass is 79.9. The Kier molecular flexibility index (Phi) is 6.54. The molecule has 4 N–H and O–H groups in total. The molecule has 38 heavy (non-hydrogen) atoms. The maximum atomic E-state index is 13.9. The lowest BCUT2D eigenvalue weighted by Crippen LogP contribution is -2.46. The Hall–Kier alpha value is -3.83. The number of fused-ring (bicyclic) bond motifs is 1. The fraction of sp³-hybridized carbons (Fsp3) is 0.259. The molecule has 0 radical (unpaired) electrons. The van der Waals surface area contributed by atoms with E-state index in [2.05, 4.69) is 47.1 Å². The van der Waals surface area contributed by atoms with E-state index in [1.165, 1.54) is 6.07 Å². The summed E-state index contributed by atoms with van der Waals surface area (Å²) in [7, 11) is 0. The van der Waals surface area contributed by atoms with Crippen LogP contribution in [0.5, 0.6) is 5.75 Å². The summed E-state index contributed by atoms with van der Waals surface area (Å²) >= 11 is 3.21. The van der Waals surface area contributed by atoms with Gasteiger partial charge in [0.25, 0.3) is 5.91 Å². The van der Waals surface area contributed by atoms with E-state index in [4.69, 9.17) is 9.72 Å². The Morgan fingerprint density at radius 1 is 1.13 bits per heavy atom. The van der Waals surface area contributed by atoms with Gasteiger partial charge in [-0.15, -0.1) is 0 Å². The zero-order valence-corrected chi connectivity index (χ0v) is 21.9. The number of piperidine rings is 1. The lowest BCUT2D eigenvalue weighted by atomic mass is 9.87. The molecule has 0 saturated carbocycles. The average molecular weight is 578 g/mol. The van der Waals surface area contributed by atoms with Gasteiger partial charge in [0.05, 0.1) is 16.1 Å². The molecule has 4 heterocycles. The monoisotopic (exact) mass is 577 g/mol. The second-order valence-corrected chi connectivity index (χ2v) is 10.3. The third-order valence-corrected chi connectivity index (χ3v) is 7.59. The Morgan fingerprint density at radius 2 is 1.95 bits per heavy atom. The first-order chi connectivity index (χ1) is 18.5. The quantitative estimate of drug-likeness (QED) is 0.269. The van der Waals surface area contributed by atoms with Crippen molar-refractivity contribution in [2.24, 2.45) is 0 Å². The highest BCUT2D eigenvalue weighted by Gasteiger charge is 2.37. The molecule has 11 heteroatoms. The topological polar surface area (TPSA) is 117 Å². The van der Waals surface area contributed by atoms with Crippen LogP contribution in [0.25, 0.3) is 11.4 Å². The minimum Gasteiger partial charge on any atom is -0.491 e. The van der Waals surface area contributed by atoms with Crippen LogP contribution in [0.1, 0.15) is 40.6 Å². The normalized spacial score (nSPS) is 17.9. The Labute approximate surface area is 226 Å². The van der Waals surface area contributed by atoms with Gasteiger partial charge in [-0.3, -0.25) is 14.9 Å². The van der Waals surface area contributed by atoms with E-state index in [1.807, 2.05) is 30.3 Å². The van der Waals surface area contributed by atoms with Gasteiger partial charge in [0.15, 0.2) is 11.6 Å². The van der Waals surface area contributed by atoms with Crippen molar-refractivity contribution in [1.82, 2.24) is 30.8 Å². The number of carbonyl (C=O) groups excluding carboxylic acids is 1. The van der Waals surface area contributed by atoms with Gasteiger partial charge in [0.2, 0.25) is 0 Å². The first-order valence-electron chi connectivity index (χ1n) is 12.4. The summed E-state index contributed by atoms with van der Waals surface area (Å²) in [6, 6.07) is 13.7. The van der Waals surface area contributed by atoms with Crippen LogP contribution in [0.3, 0.4) is 0 Å². The fourth-order valence-corrected chi connectivity index (χ4v) is 5.32. The molecule has 1 amide bonds. The van der Waals surface area contributed by atoms with Gasteiger partial charge in [-0.2, -0.15) is 5.10 Å². The van der Waals surface area contributed by atoms with E-state index >= 15 is 0 Å². The van der Waals surface area contributed by atoms with Gasteiger partial charge in [-0.25, -0.2) is 9.37 Å². The minimum absolute atomic E-state index is 0.241. The number of nitrogens with one attached hydrogen (secondary N) is 4. The highest BCUT2D eigenvalue weighted by molar-refractivity contribution is 9.10. The predicted octanol–water partition coefficient (Wildman–Crippen LogP) is 4.32. The molecule has 1 atom stereocenters. The van der Waals surface area contributed by atoms with Gasteiger partial charge in [0, 0.05) is 40.8 Å². The molecular formula is C27H25BrFN7O2. The smallest absolute Gasteiger partial charge is 0.251 e. The molecule has 9 nitrogen and oxygen atoms in total. The van der Waals surface area contributed by atoms with Gasteiger partial charge in [-0.05, 0) is 78.3 Å². The number of pyridine rings is 1. The Bertz CT molecular complexity index is 1470. The van der Waals surface area contributed by atoms with Crippen molar-refractivity contribution in [2.75, 3.05) is 25.0 Å².